The smallest absolute Gasteiger partial charge is 0.239 e. The highest BCUT2D eigenvalue weighted by Gasteiger charge is 2.20. The van der Waals surface area contributed by atoms with Gasteiger partial charge in [-0.1, -0.05) is 26.0 Å². The molecule has 106 valence electrons. The number of nitrogens with zero attached hydrogens (tertiary/aromatic N) is 1. The van der Waals surface area contributed by atoms with Crippen molar-refractivity contribution in [1.82, 2.24) is 4.90 Å². The lowest BCUT2D eigenvalue weighted by Crippen LogP contribution is -2.43. The van der Waals surface area contributed by atoms with Crippen LogP contribution in [0.25, 0.3) is 0 Å². The van der Waals surface area contributed by atoms with E-state index in [4.69, 9.17) is 5.73 Å². The Morgan fingerprint density at radius 2 is 2.11 bits per heavy atom. The highest BCUT2D eigenvalue weighted by atomic mass is 19.1. The summed E-state index contributed by atoms with van der Waals surface area (Å²) in [7, 11) is 0. The van der Waals surface area contributed by atoms with Gasteiger partial charge in [0.2, 0.25) is 5.91 Å². The Morgan fingerprint density at radius 1 is 1.42 bits per heavy atom. The van der Waals surface area contributed by atoms with Crippen LogP contribution in [0.1, 0.15) is 32.8 Å². The summed E-state index contributed by atoms with van der Waals surface area (Å²) in [6, 6.07) is 5.83. The molecule has 0 unspecified atom stereocenters. The summed E-state index contributed by atoms with van der Waals surface area (Å²) in [5.74, 6) is 0.0276. The minimum atomic E-state index is -0.478. The van der Waals surface area contributed by atoms with Gasteiger partial charge in [-0.25, -0.2) is 4.39 Å². The summed E-state index contributed by atoms with van der Waals surface area (Å²) in [6.07, 6.45) is 0.665. The Morgan fingerprint density at radius 3 is 2.63 bits per heavy atom. The van der Waals surface area contributed by atoms with E-state index < -0.39 is 6.04 Å². The second kappa shape index (κ2) is 7.24. The van der Waals surface area contributed by atoms with E-state index in [2.05, 4.69) is 0 Å². The molecule has 1 aromatic rings. The van der Waals surface area contributed by atoms with Crippen LogP contribution >= 0.6 is 0 Å². The largest absolute Gasteiger partial charge is 0.337 e. The molecule has 0 fully saturated rings. The molecule has 0 aliphatic rings. The number of amides is 1. The van der Waals surface area contributed by atoms with Crippen molar-refractivity contribution in [1.29, 1.82) is 0 Å². The summed E-state index contributed by atoms with van der Waals surface area (Å²) < 4.78 is 13.1. The molecule has 0 saturated heterocycles. The van der Waals surface area contributed by atoms with Crippen molar-refractivity contribution in [3.63, 3.8) is 0 Å². The van der Waals surface area contributed by atoms with Gasteiger partial charge in [0.1, 0.15) is 5.82 Å². The summed E-state index contributed by atoms with van der Waals surface area (Å²) >= 11 is 0. The first-order chi connectivity index (χ1) is 8.93. The fourth-order valence-electron chi connectivity index (χ4n) is 2.04. The Kier molecular flexibility index (Phi) is 5.96. The summed E-state index contributed by atoms with van der Waals surface area (Å²) in [6.45, 7) is 6.95. The quantitative estimate of drug-likeness (QED) is 0.860. The fraction of sp³-hybridized carbons (Fsp3) is 0.533. The van der Waals surface area contributed by atoms with Gasteiger partial charge >= 0.3 is 0 Å². The number of rotatable bonds is 6. The zero-order chi connectivity index (χ0) is 14.4. The fourth-order valence-corrected chi connectivity index (χ4v) is 2.04. The molecule has 19 heavy (non-hydrogen) atoms. The standard InChI is InChI=1S/C15H23FN2O/c1-4-18(15(19)14(17)8-11(2)3)10-12-6-5-7-13(16)9-12/h5-7,9,11,14H,4,8,10,17H2,1-3H3/t14-/m0/s1. The summed E-state index contributed by atoms with van der Waals surface area (Å²) in [5, 5.41) is 0. The molecular formula is C15H23FN2O. The lowest BCUT2D eigenvalue weighted by molar-refractivity contribution is -0.133. The van der Waals surface area contributed by atoms with Crippen molar-refractivity contribution >= 4 is 5.91 Å². The molecule has 0 heterocycles. The van der Waals surface area contributed by atoms with E-state index in [1.165, 1.54) is 12.1 Å². The Balaban J connectivity index is 2.70. The van der Waals surface area contributed by atoms with Gasteiger partial charge in [-0.3, -0.25) is 4.79 Å². The van der Waals surface area contributed by atoms with Crippen LogP contribution in [0, 0.1) is 11.7 Å². The average Bonchev–Trinajstić information content (AvgIpc) is 2.34. The monoisotopic (exact) mass is 266 g/mol. The molecule has 0 saturated carbocycles. The average molecular weight is 266 g/mol. The van der Waals surface area contributed by atoms with Crippen molar-refractivity contribution in [2.45, 2.75) is 39.8 Å². The molecule has 0 radical (unpaired) electrons. The normalized spacial score (nSPS) is 12.5. The predicted molar refractivity (Wildman–Crippen MR) is 74.9 cm³/mol. The zero-order valence-electron chi connectivity index (χ0n) is 11.9. The second-order valence-electron chi connectivity index (χ2n) is 5.22. The Labute approximate surface area is 114 Å². The first-order valence-electron chi connectivity index (χ1n) is 6.72. The molecule has 3 nitrogen and oxygen atoms in total. The topological polar surface area (TPSA) is 46.3 Å². The van der Waals surface area contributed by atoms with E-state index >= 15 is 0 Å². The van der Waals surface area contributed by atoms with Crippen LogP contribution in [0.15, 0.2) is 24.3 Å². The third kappa shape index (κ3) is 4.99. The number of benzene rings is 1. The number of carbonyl (C=O) groups is 1. The third-order valence-electron chi connectivity index (χ3n) is 3.00. The number of carbonyl (C=O) groups excluding carboxylic acids is 1. The van der Waals surface area contributed by atoms with Gasteiger partial charge in [0, 0.05) is 13.1 Å². The molecule has 4 heteroatoms. The molecular weight excluding hydrogens is 243 g/mol. The molecule has 0 bridgehead atoms. The van der Waals surface area contributed by atoms with Gasteiger partial charge in [-0.05, 0) is 37.0 Å². The lowest BCUT2D eigenvalue weighted by Gasteiger charge is -2.25. The van der Waals surface area contributed by atoms with Crippen LogP contribution in [0.4, 0.5) is 4.39 Å². The molecule has 1 atom stereocenters. The van der Waals surface area contributed by atoms with Crippen LogP contribution in [0.2, 0.25) is 0 Å². The van der Waals surface area contributed by atoms with Crippen LogP contribution in [-0.4, -0.2) is 23.4 Å². The van der Waals surface area contributed by atoms with Crippen molar-refractivity contribution in [3.8, 4) is 0 Å². The second-order valence-corrected chi connectivity index (χ2v) is 5.22. The molecule has 1 rings (SSSR count). The number of nitrogens with two attached hydrogens (primary N) is 1. The number of likely N-dealkylation sites (N-methyl/N-ethyl adjacent to an activating group) is 1. The van der Waals surface area contributed by atoms with E-state index in [9.17, 15) is 9.18 Å². The van der Waals surface area contributed by atoms with Crippen molar-refractivity contribution < 1.29 is 9.18 Å². The van der Waals surface area contributed by atoms with E-state index in [1.807, 2.05) is 26.8 Å². The molecule has 0 aliphatic heterocycles. The SMILES string of the molecule is CCN(Cc1cccc(F)c1)C(=O)[C@@H](N)CC(C)C. The van der Waals surface area contributed by atoms with Gasteiger partial charge in [0.25, 0.3) is 0 Å². The van der Waals surface area contributed by atoms with Gasteiger partial charge in [0.15, 0.2) is 0 Å². The maximum Gasteiger partial charge on any atom is 0.239 e. The number of hydrogen-bond donors (Lipinski definition) is 1. The molecule has 1 amide bonds. The summed E-state index contributed by atoms with van der Waals surface area (Å²) in [5.41, 5.74) is 6.70. The van der Waals surface area contributed by atoms with E-state index in [0.717, 1.165) is 5.56 Å². The molecule has 0 aliphatic carbocycles. The van der Waals surface area contributed by atoms with Crippen LogP contribution in [0.3, 0.4) is 0 Å². The van der Waals surface area contributed by atoms with Crippen LogP contribution < -0.4 is 5.73 Å². The van der Waals surface area contributed by atoms with E-state index in [1.54, 1.807) is 11.0 Å². The summed E-state index contributed by atoms with van der Waals surface area (Å²) in [4.78, 5) is 13.9. The highest BCUT2D eigenvalue weighted by molar-refractivity contribution is 5.81. The first-order valence-corrected chi connectivity index (χ1v) is 6.72. The maximum atomic E-state index is 13.1. The van der Waals surface area contributed by atoms with Gasteiger partial charge < -0.3 is 10.6 Å². The number of hydrogen-bond acceptors (Lipinski definition) is 2. The van der Waals surface area contributed by atoms with Crippen LogP contribution in [0.5, 0.6) is 0 Å². The van der Waals surface area contributed by atoms with Gasteiger partial charge in [-0.2, -0.15) is 0 Å². The van der Waals surface area contributed by atoms with Crippen molar-refractivity contribution in [2.75, 3.05) is 6.54 Å². The highest BCUT2D eigenvalue weighted by Crippen LogP contribution is 2.11. The lowest BCUT2D eigenvalue weighted by atomic mass is 10.0. The van der Waals surface area contributed by atoms with Gasteiger partial charge in [-0.15, -0.1) is 0 Å². The minimum absolute atomic E-state index is 0.0690. The van der Waals surface area contributed by atoms with E-state index in [-0.39, 0.29) is 11.7 Å². The first kappa shape index (κ1) is 15.6. The molecule has 2 N–H and O–H groups in total. The van der Waals surface area contributed by atoms with E-state index in [0.29, 0.717) is 25.4 Å². The van der Waals surface area contributed by atoms with Gasteiger partial charge in [0.05, 0.1) is 6.04 Å². The van der Waals surface area contributed by atoms with Crippen molar-refractivity contribution in [2.24, 2.45) is 11.7 Å². The Hall–Kier alpha value is -1.42. The zero-order valence-corrected chi connectivity index (χ0v) is 11.9. The molecule has 1 aromatic carbocycles. The molecule has 0 spiro atoms. The maximum absolute atomic E-state index is 13.1. The third-order valence-corrected chi connectivity index (χ3v) is 3.00. The van der Waals surface area contributed by atoms with Crippen LogP contribution in [-0.2, 0) is 11.3 Å². The predicted octanol–water partition coefficient (Wildman–Crippen LogP) is 2.55. The van der Waals surface area contributed by atoms with Crippen molar-refractivity contribution in [3.05, 3.63) is 35.6 Å². The Bertz CT molecular complexity index is 420. The molecule has 0 aromatic heterocycles. The minimum Gasteiger partial charge on any atom is -0.337 e. The number of halogens is 1.